The molecule has 110 valence electrons. The molecule has 2 rings (SSSR count). The fraction of sp³-hybridized carbons (Fsp3) is 0.133. The molecule has 1 amide bonds. The third kappa shape index (κ3) is 4.06. The molecule has 5 nitrogen and oxygen atoms in total. The van der Waals surface area contributed by atoms with Gasteiger partial charge in [0, 0.05) is 0 Å². The molecule has 2 aromatic rings. The van der Waals surface area contributed by atoms with Gasteiger partial charge >= 0.3 is 0 Å². The molecule has 0 radical (unpaired) electrons. The fourth-order valence-electron chi connectivity index (χ4n) is 1.78. The van der Waals surface area contributed by atoms with Gasteiger partial charge in [0.05, 0.1) is 18.4 Å². The van der Waals surface area contributed by atoms with Gasteiger partial charge in [0.15, 0.2) is 0 Å². The molecule has 0 saturated carbocycles. The van der Waals surface area contributed by atoms with Crippen LogP contribution < -0.4 is 9.46 Å². The zero-order valence-electron chi connectivity index (χ0n) is 11.4. The van der Waals surface area contributed by atoms with E-state index in [4.69, 9.17) is 4.74 Å². The maximum Gasteiger partial charge on any atom is 0.264 e. The van der Waals surface area contributed by atoms with Gasteiger partial charge in [-0.05, 0) is 29.8 Å². The Balaban J connectivity index is 2.07. The van der Waals surface area contributed by atoms with Crippen molar-refractivity contribution >= 4 is 15.9 Å². The molecular formula is C15H15NO4S. The number of carbonyl (C=O) groups excluding carboxylic acids is 1. The fourth-order valence-corrected chi connectivity index (χ4v) is 2.77. The van der Waals surface area contributed by atoms with Crippen molar-refractivity contribution in [1.29, 1.82) is 0 Å². The third-order valence-corrected chi connectivity index (χ3v) is 4.21. The first kappa shape index (κ1) is 15.1. The molecule has 0 aliphatic heterocycles. The van der Waals surface area contributed by atoms with Gasteiger partial charge in [0.2, 0.25) is 5.91 Å². The minimum atomic E-state index is -3.86. The summed E-state index contributed by atoms with van der Waals surface area (Å²) >= 11 is 0. The second kappa shape index (κ2) is 6.41. The molecule has 1 N–H and O–H groups in total. The number of hydrogen-bond acceptors (Lipinski definition) is 4. The van der Waals surface area contributed by atoms with Gasteiger partial charge in [0.25, 0.3) is 10.0 Å². The van der Waals surface area contributed by atoms with Crippen LogP contribution in [0, 0.1) is 0 Å². The highest BCUT2D eigenvalue weighted by atomic mass is 32.2. The maximum atomic E-state index is 12.1. The number of ether oxygens (including phenoxy) is 1. The Labute approximate surface area is 123 Å². The van der Waals surface area contributed by atoms with Crippen LogP contribution in [-0.2, 0) is 21.2 Å². The Hall–Kier alpha value is -2.34. The molecule has 6 heteroatoms. The Morgan fingerprint density at radius 1 is 1.05 bits per heavy atom. The van der Waals surface area contributed by atoms with Crippen LogP contribution in [0.3, 0.4) is 0 Å². The quantitative estimate of drug-likeness (QED) is 0.913. The van der Waals surface area contributed by atoms with Crippen molar-refractivity contribution in [2.45, 2.75) is 11.3 Å². The molecule has 0 aromatic heterocycles. The Morgan fingerprint density at radius 3 is 2.24 bits per heavy atom. The lowest BCUT2D eigenvalue weighted by molar-refractivity contribution is -0.118. The smallest absolute Gasteiger partial charge is 0.264 e. The number of methoxy groups -OCH3 is 1. The lowest BCUT2D eigenvalue weighted by Crippen LogP contribution is -2.31. The number of amides is 1. The van der Waals surface area contributed by atoms with Gasteiger partial charge in [-0.1, -0.05) is 30.3 Å². The molecule has 0 bridgehead atoms. The standard InChI is InChI=1S/C15H15NO4S/c1-20-13-7-9-14(10-8-13)21(18,19)16-15(17)11-12-5-3-2-4-6-12/h2-10H,11H2,1H3,(H,16,17). The van der Waals surface area contributed by atoms with E-state index in [1.807, 2.05) is 6.07 Å². The Kier molecular flexibility index (Phi) is 4.59. The van der Waals surface area contributed by atoms with Crippen LogP contribution in [0.2, 0.25) is 0 Å². The molecule has 0 aliphatic carbocycles. The van der Waals surface area contributed by atoms with Gasteiger partial charge in [-0.3, -0.25) is 4.79 Å². The van der Waals surface area contributed by atoms with Crippen LogP contribution in [0.25, 0.3) is 0 Å². The van der Waals surface area contributed by atoms with Crippen LogP contribution in [0.1, 0.15) is 5.56 Å². The number of rotatable bonds is 5. The first-order valence-electron chi connectivity index (χ1n) is 6.25. The summed E-state index contributed by atoms with van der Waals surface area (Å²) < 4.78 is 31.1. The molecule has 0 saturated heterocycles. The Morgan fingerprint density at radius 2 is 1.67 bits per heavy atom. The van der Waals surface area contributed by atoms with Crippen molar-refractivity contribution in [3.8, 4) is 5.75 Å². The van der Waals surface area contributed by atoms with Gasteiger partial charge in [-0.2, -0.15) is 0 Å². The molecule has 0 atom stereocenters. The van der Waals surface area contributed by atoms with Crippen molar-refractivity contribution < 1.29 is 17.9 Å². The summed E-state index contributed by atoms with van der Waals surface area (Å²) in [6, 6.07) is 14.8. The molecule has 0 spiro atoms. The Bertz CT molecular complexity index is 709. The maximum absolute atomic E-state index is 12.1. The molecule has 2 aromatic carbocycles. The van der Waals surface area contributed by atoms with Crippen LogP contribution >= 0.6 is 0 Å². The van der Waals surface area contributed by atoms with Gasteiger partial charge in [-0.15, -0.1) is 0 Å². The second-order valence-electron chi connectivity index (χ2n) is 4.37. The van der Waals surface area contributed by atoms with E-state index in [2.05, 4.69) is 4.72 Å². The summed E-state index contributed by atoms with van der Waals surface area (Å²) in [6.07, 6.45) is 0.0101. The molecule has 21 heavy (non-hydrogen) atoms. The zero-order chi connectivity index (χ0) is 15.3. The van der Waals surface area contributed by atoms with Crippen LogP contribution in [-0.4, -0.2) is 21.4 Å². The average Bonchev–Trinajstić information content (AvgIpc) is 2.47. The molecular weight excluding hydrogens is 290 g/mol. The lowest BCUT2D eigenvalue weighted by atomic mass is 10.1. The summed E-state index contributed by atoms with van der Waals surface area (Å²) in [5.74, 6) is -0.0263. The molecule has 0 unspecified atom stereocenters. The predicted molar refractivity (Wildman–Crippen MR) is 78.5 cm³/mol. The minimum absolute atomic E-state index is 0.0101. The summed E-state index contributed by atoms with van der Waals surface area (Å²) in [5, 5.41) is 0. The summed E-state index contributed by atoms with van der Waals surface area (Å²) in [7, 11) is -2.37. The monoisotopic (exact) mass is 305 g/mol. The SMILES string of the molecule is COc1ccc(S(=O)(=O)NC(=O)Cc2ccccc2)cc1. The van der Waals surface area contributed by atoms with E-state index >= 15 is 0 Å². The average molecular weight is 305 g/mol. The van der Waals surface area contributed by atoms with Crippen LogP contribution in [0.4, 0.5) is 0 Å². The topological polar surface area (TPSA) is 72.5 Å². The van der Waals surface area contributed by atoms with Crippen molar-refractivity contribution in [3.63, 3.8) is 0 Å². The third-order valence-electron chi connectivity index (χ3n) is 2.83. The van der Waals surface area contributed by atoms with E-state index in [-0.39, 0.29) is 11.3 Å². The highest BCUT2D eigenvalue weighted by Gasteiger charge is 2.17. The normalized spacial score (nSPS) is 10.9. The first-order chi connectivity index (χ1) is 10.0. The van der Waals surface area contributed by atoms with E-state index < -0.39 is 15.9 Å². The highest BCUT2D eigenvalue weighted by Crippen LogP contribution is 2.15. The predicted octanol–water partition coefficient (Wildman–Crippen LogP) is 1.74. The van der Waals surface area contributed by atoms with Crippen molar-refractivity contribution in [3.05, 3.63) is 60.2 Å². The van der Waals surface area contributed by atoms with Crippen molar-refractivity contribution in [2.24, 2.45) is 0 Å². The van der Waals surface area contributed by atoms with E-state index in [0.717, 1.165) is 5.56 Å². The van der Waals surface area contributed by atoms with Crippen molar-refractivity contribution in [1.82, 2.24) is 4.72 Å². The van der Waals surface area contributed by atoms with E-state index in [0.29, 0.717) is 5.75 Å². The number of nitrogens with one attached hydrogen (secondary N) is 1. The van der Waals surface area contributed by atoms with E-state index in [1.165, 1.54) is 31.4 Å². The molecule has 0 heterocycles. The number of sulfonamides is 1. The van der Waals surface area contributed by atoms with Crippen LogP contribution in [0.5, 0.6) is 5.75 Å². The summed E-state index contributed by atoms with van der Waals surface area (Å²) in [6.45, 7) is 0. The van der Waals surface area contributed by atoms with Gasteiger partial charge < -0.3 is 4.74 Å². The summed E-state index contributed by atoms with van der Waals surface area (Å²) in [4.78, 5) is 11.8. The van der Waals surface area contributed by atoms with Crippen LogP contribution in [0.15, 0.2) is 59.5 Å². The van der Waals surface area contributed by atoms with E-state index in [1.54, 1.807) is 24.3 Å². The summed E-state index contributed by atoms with van der Waals surface area (Å²) in [5.41, 5.74) is 0.750. The van der Waals surface area contributed by atoms with Crippen molar-refractivity contribution in [2.75, 3.05) is 7.11 Å². The minimum Gasteiger partial charge on any atom is -0.497 e. The largest absolute Gasteiger partial charge is 0.497 e. The highest BCUT2D eigenvalue weighted by molar-refractivity contribution is 7.90. The van der Waals surface area contributed by atoms with Gasteiger partial charge in [-0.25, -0.2) is 13.1 Å². The molecule has 0 fully saturated rings. The molecule has 0 aliphatic rings. The van der Waals surface area contributed by atoms with Gasteiger partial charge in [0.1, 0.15) is 5.75 Å². The second-order valence-corrected chi connectivity index (χ2v) is 6.05. The number of benzene rings is 2. The van der Waals surface area contributed by atoms with E-state index in [9.17, 15) is 13.2 Å². The number of hydrogen-bond donors (Lipinski definition) is 1. The lowest BCUT2D eigenvalue weighted by Gasteiger charge is -2.07. The first-order valence-corrected chi connectivity index (χ1v) is 7.73. The zero-order valence-corrected chi connectivity index (χ0v) is 12.3. The number of carbonyl (C=O) groups is 1.